The van der Waals surface area contributed by atoms with Crippen LogP contribution in [0.1, 0.15) is 0 Å². The Hall–Kier alpha value is 0.890. The summed E-state index contributed by atoms with van der Waals surface area (Å²) < 4.78 is 0.0317. The van der Waals surface area contributed by atoms with E-state index in [1.54, 1.807) is 0 Å². The number of halogens is 3. The molecule has 1 aliphatic heterocycles. The summed E-state index contributed by atoms with van der Waals surface area (Å²) in [6, 6.07) is 0. The Morgan fingerprint density at radius 1 is 1.78 bits per heavy atom. The fourth-order valence-corrected chi connectivity index (χ4v) is 2.23. The summed E-state index contributed by atoms with van der Waals surface area (Å²) in [5.74, 6) is 0.374. The Kier molecular flexibility index (Phi) is 2.55. The molecule has 1 heterocycles. The van der Waals surface area contributed by atoms with E-state index in [0.717, 1.165) is 0 Å². The number of thioether (sulfide) groups is 1. The van der Waals surface area contributed by atoms with Gasteiger partial charge in [0.15, 0.2) is 4.50 Å². The number of hydrogen-bond donors (Lipinski definition) is 0. The first-order valence-electron chi connectivity index (χ1n) is 2.30. The van der Waals surface area contributed by atoms with Gasteiger partial charge in [0.1, 0.15) is 4.21 Å². The first kappa shape index (κ1) is 7.99. The van der Waals surface area contributed by atoms with Crippen molar-refractivity contribution in [3.8, 4) is 0 Å². The van der Waals surface area contributed by atoms with E-state index in [1.165, 1.54) is 11.8 Å². The van der Waals surface area contributed by atoms with Crippen LogP contribution in [0, 0.1) is 0 Å². The predicted molar refractivity (Wildman–Crippen MR) is 45.1 cm³/mol. The van der Waals surface area contributed by atoms with Crippen LogP contribution in [0.5, 0.6) is 0 Å². The molecular weight excluding hydrogens is 200 g/mol. The van der Waals surface area contributed by atoms with Crippen molar-refractivity contribution in [1.29, 1.82) is 0 Å². The zero-order valence-electron chi connectivity index (χ0n) is 4.40. The Morgan fingerprint density at radius 3 is 2.67 bits per heavy atom. The van der Waals surface area contributed by atoms with Gasteiger partial charge in [-0.2, -0.15) is 0 Å². The van der Waals surface area contributed by atoms with E-state index >= 15 is 0 Å². The van der Waals surface area contributed by atoms with Crippen molar-refractivity contribution < 1.29 is 0 Å². The zero-order valence-corrected chi connectivity index (χ0v) is 7.49. The highest BCUT2D eigenvalue weighted by atomic mass is 35.5. The number of hydrogen-bond acceptors (Lipinski definition) is 2. The van der Waals surface area contributed by atoms with Crippen molar-refractivity contribution in [1.82, 2.24) is 0 Å². The summed E-state index contributed by atoms with van der Waals surface area (Å²) in [5, 5.41) is 0. The summed E-state index contributed by atoms with van der Waals surface area (Å²) >= 11 is 18.3. The summed E-state index contributed by atoms with van der Waals surface area (Å²) in [6.07, 6.45) is 0. The second kappa shape index (κ2) is 2.87. The maximum absolute atomic E-state index is 5.88. The Labute approximate surface area is 72.8 Å². The molecule has 1 atom stereocenters. The minimum atomic E-state index is -0.474. The highest BCUT2D eigenvalue weighted by Crippen LogP contribution is 2.38. The summed E-state index contributed by atoms with van der Waals surface area (Å²) in [6.45, 7) is 0.515. The molecule has 0 amide bonds. The molecule has 52 valence electrons. The van der Waals surface area contributed by atoms with E-state index in [0.29, 0.717) is 16.9 Å². The molecule has 1 nitrogen and oxygen atoms in total. The minimum absolute atomic E-state index is 0.374. The van der Waals surface area contributed by atoms with Crippen LogP contribution in [0.3, 0.4) is 0 Å². The third-order valence-corrected chi connectivity index (χ3v) is 3.43. The molecule has 0 fully saturated rings. The van der Waals surface area contributed by atoms with Crippen LogP contribution in [0.4, 0.5) is 0 Å². The summed E-state index contributed by atoms with van der Waals surface area (Å²) in [4.78, 5) is 3.89. The smallest absolute Gasteiger partial charge is 0.160 e. The highest BCUT2D eigenvalue weighted by Gasteiger charge is 2.33. The van der Waals surface area contributed by atoms with Crippen molar-refractivity contribution in [3.05, 3.63) is 0 Å². The average Bonchev–Trinajstić information content (AvgIpc) is 2.13. The van der Waals surface area contributed by atoms with Crippen LogP contribution < -0.4 is 0 Å². The Balaban J connectivity index is 2.53. The van der Waals surface area contributed by atoms with E-state index < -0.39 is 4.21 Å². The molecule has 0 N–H and O–H groups in total. The van der Waals surface area contributed by atoms with Gasteiger partial charge in [0.2, 0.25) is 0 Å². The van der Waals surface area contributed by atoms with Crippen LogP contribution in [0.2, 0.25) is 0 Å². The maximum atomic E-state index is 5.88. The first-order chi connectivity index (χ1) is 4.16. The lowest BCUT2D eigenvalue weighted by Gasteiger charge is -2.12. The van der Waals surface area contributed by atoms with Gasteiger partial charge in [-0.25, -0.2) is 0 Å². The van der Waals surface area contributed by atoms with Gasteiger partial charge in [0, 0.05) is 0 Å². The SMILES string of the molecule is ClCC1(Cl)CN=C(Cl)S1. The van der Waals surface area contributed by atoms with Gasteiger partial charge in [-0.3, -0.25) is 4.99 Å². The van der Waals surface area contributed by atoms with Crippen molar-refractivity contribution in [2.75, 3.05) is 12.4 Å². The molecular formula is C4H4Cl3NS. The third kappa shape index (κ3) is 1.90. The van der Waals surface area contributed by atoms with Gasteiger partial charge in [0.25, 0.3) is 0 Å². The largest absolute Gasteiger partial charge is 0.264 e. The molecule has 0 aromatic heterocycles. The number of nitrogens with zero attached hydrogens (tertiary/aromatic N) is 1. The van der Waals surface area contributed by atoms with Crippen LogP contribution in [-0.4, -0.2) is 21.1 Å². The molecule has 9 heavy (non-hydrogen) atoms. The van der Waals surface area contributed by atoms with Crippen molar-refractivity contribution >= 4 is 51.1 Å². The van der Waals surface area contributed by atoms with E-state index in [1.807, 2.05) is 0 Å². The van der Waals surface area contributed by atoms with E-state index in [4.69, 9.17) is 34.8 Å². The zero-order chi connectivity index (χ0) is 6.91. The topological polar surface area (TPSA) is 12.4 Å². The highest BCUT2D eigenvalue weighted by molar-refractivity contribution is 8.19. The van der Waals surface area contributed by atoms with Gasteiger partial charge in [-0.05, 0) is 0 Å². The number of aliphatic imine (C=N–C) groups is 1. The summed E-state index contributed by atoms with van der Waals surface area (Å²) in [5.41, 5.74) is 0. The van der Waals surface area contributed by atoms with Gasteiger partial charge < -0.3 is 0 Å². The average molecular weight is 205 g/mol. The van der Waals surface area contributed by atoms with Crippen LogP contribution in [-0.2, 0) is 0 Å². The molecule has 1 unspecified atom stereocenters. The lowest BCUT2D eigenvalue weighted by atomic mass is 10.5. The molecule has 0 radical (unpaired) electrons. The van der Waals surface area contributed by atoms with Crippen LogP contribution >= 0.6 is 46.6 Å². The molecule has 0 aromatic carbocycles. The summed E-state index contributed by atoms with van der Waals surface area (Å²) in [7, 11) is 0. The fourth-order valence-electron chi connectivity index (χ4n) is 0.465. The van der Waals surface area contributed by atoms with Gasteiger partial charge >= 0.3 is 0 Å². The predicted octanol–water partition coefficient (Wildman–Crippen LogP) is 2.50. The quantitative estimate of drug-likeness (QED) is 0.598. The number of alkyl halides is 2. The molecule has 0 aliphatic carbocycles. The normalized spacial score (nSPS) is 34.8. The third-order valence-electron chi connectivity index (χ3n) is 0.906. The fraction of sp³-hybridized carbons (Fsp3) is 0.750. The minimum Gasteiger partial charge on any atom is -0.264 e. The number of rotatable bonds is 1. The van der Waals surface area contributed by atoms with Gasteiger partial charge in [-0.1, -0.05) is 23.4 Å². The molecule has 1 aliphatic rings. The second-order valence-corrected chi connectivity index (χ2v) is 4.86. The first-order valence-corrected chi connectivity index (χ1v) is 4.41. The van der Waals surface area contributed by atoms with E-state index in [9.17, 15) is 0 Å². The van der Waals surface area contributed by atoms with Gasteiger partial charge in [0.05, 0.1) is 12.4 Å². The molecule has 1 rings (SSSR count). The lowest BCUT2D eigenvalue weighted by molar-refractivity contribution is 0.910. The monoisotopic (exact) mass is 203 g/mol. The standard InChI is InChI=1S/C4H4Cl3NS/c5-1-4(7)2-8-3(6)9-4/h1-2H2. The van der Waals surface area contributed by atoms with E-state index in [-0.39, 0.29) is 0 Å². The molecule has 0 saturated carbocycles. The van der Waals surface area contributed by atoms with Crippen molar-refractivity contribution in [2.24, 2.45) is 4.99 Å². The Bertz CT molecular complexity index is 149. The Morgan fingerprint density at radius 2 is 2.44 bits per heavy atom. The van der Waals surface area contributed by atoms with Crippen LogP contribution in [0.15, 0.2) is 4.99 Å². The molecule has 0 bridgehead atoms. The van der Waals surface area contributed by atoms with E-state index in [2.05, 4.69) is 4.99 Å². The van der Waals surface area contributed by atoms with Crippen LogP contribution in [0.25, 0.3) is 0 Å². The molecule has 0 spiro atoms. The lowest BCUT2D eigenvalue weighted by Crippen LogP contribution is -2.18. The molecule has 5 heteroatoms. The second-order valence-electron chi connectivity index (χ2n) is 1.69. The maximum Gasteiger partial charge on any atom is 0.160 e. The molecule has 0 saturated heterocycles. The van der Waals surface area contributed by atoms with Crippen molar-refractivity contribution in [3.63, 3.8) is 0 Å². The molecule has 0 aromatic rings. The van der Waals surface area contributed by atoms with Crippen molar-refractivity contribution in [2.45, 2.75) is 4.21 Å². The van der Waals surface area contributed by atoms with Gasteiger partial charge in [-0.15, -0.1) is 23.2 Å².